The molecule has 0 bridgehead atoms. The van der Waals surface area contributed by atoms with Gasteiger partial charge in [-0.3, -0.25) is 4.79 Å². The maximum atomic E-state index is 10.4. The van der Waals surface area contributed by atoms with E-state index in [-0.39, 0.29) is 11.7 Å². The average Bonchev–Trinajstić information content (AvgIpc) is 2.30. The van der Waals surface area contributed by atoms with E-state index in [4.69, 9.17) is 5.73 Å². The fraction of sp³-hybridized carbons (Fsp3) is 0.500. The van der Waals surface area contributed by atoms with Crippen molar-refractivity contribution in [3.05, 3.63) is 5.82 Å². The van der Waals surface area contributed by atoms with Crippen LogP contribution in [0.1, 0.15) is 5.82 Å². The minimum Gasteiger partial charge on any atom is -0.369 e. The Balaban J connectivity index is 2.63. The second-order valence-corrected chi connectivity index (χ2v) is 3.29. The summed E-state index contributed by atoms with van der Waals surface area (Å²) in [6.07, 6.45) is 0. The van der Waals surface area contributed by atoms with Crippen LogP contribution in [0.4, 0.5) is 0 Å². The number of thioether (sulfide) groups is 1. The lowest BCUT2D eigenvalue weighted by molar-refractivity contribution is -0.115. The van der Waals surface area contributed by atoms with Crippen LogP contribution in [0, 0.1) is 6.92 Å². The number of amides is 1. The van der Waals surface area contributed by atoms with Crippen molar-refractivity contribution in [3.8, 4) is 0 Å². The quantitative estimate of drug-likeness (QED) is 0.658. The summed E-state index contributed by atoms with van der Waals surface area (Å²) >= 11 is 1.29. The zero-order chi connectivity index (χ0) is 9.14. The molecule has 0 spiro atoms. The molecule has 0 aliphatic heterocycles. The molecule has 0 atom stereocenters. The second kappa shape index (κ2) is 3.57. The minimum absolute atomic E-state index is 0.242. The van der Waals surface area contributed by atoms with Gasteiger partial charge in [-0.05, 0) is 6.92 Å². The van der Waals surface area contributed by atoms with E-state index in [0.29, 0.717) is 5.16 Å². The van der Waals surface area contributed by atoms with E-state index in [2.05, 4.69) is 10.2 Å². The zero-order valence-electron chi connectivity index (χ0n) is 6.94. The predicted molar refractivity (Wildman–Crippen MR) is 45.7 cm³/mol. The van der Waals surface area contributed by atoms with Gasteiger partial charge in [-0.2, -0.15) is 0 Å². The number of nitrogens with two attached hydrogens (primary N) is 1. The van der Waals surface area contributed by atoms with Crippen molar-refractivity contribution in [2.75, 3.05) is 5.75 Å². The van der Waals surface area contributed by atoms with Crippen molar-refractivity contribution < 1.29 is 4.79 Å². The van der Waals surface area contributed by atoms with Crippen molar-refractivity contribution in [2.45, 2.75) is 12.1 Å². The molecule has 2 N–H and O–H groups in total. The van der Waals surface area contributed by atoms with Crippen LogP contribution in [0.15, 0.2) is 5.16 Å². The highest BCUT2D eigenvalue weighted by atomic mass is 32.2. The fourth-order valence-electron chi connectivity index (χ4n) is 0.649. The number of carbonyl (C=O) groups excluding carboxylic acids is 1. The van der Waals surface area contributed by atoms with Crippen LogP contribution >= 0.6 is 11.8 Å². The van der Waals surface area contributed by atoms with Crippen molar-refractivity contribution in [1.82, 2.24) is 14.8 Å². The number of aromatic nitrogens is 3. The van der Waals surface area contributed by atoms with Crippen LogP contribution in [0.5, 0.6) is 0 Å². The molecule has 0 aliphatic carbocycles. The summed E-state index contributed by atoms with van der Waals surface area (Å²) in [6.45, 7) is 1.85. The van der Waals surface area contributed by atoms with Gasteiger partial charge in [0, 0.05) is 7.05 Å². The Morgan fingerprint density at radius 3 is 2.75 bits per heavy atom. The normalized spacial score (nSPS) is 10.2. The summed E-state index contributed by atoms with van der Waals surface area (Å²) in [7, 11) is 1.85. The summed E-state index contributed by atoms with van der Waals surface area (Å²) in [5, 5.41) is 8.40. The fourth-order valence-corrected chi connectivity index (χ4v) is 1.34. The number of primary amides is 1. The first-order valence-electron chi connectivity index (χ1n) is 3.38. The van der Waals surface area contributed by atoms with Gasteiger partial charge in [0.2, 0.25) is 5.91 Å². The van der Waals surface area contributed by atoms with Gasteiger partial charge < -0.3 is 10.3 Å². The lowest BCUT2D eigenvalue weighted by Crippen LogP contribution is -2.13. The maximum Gasteiger partial charge on any atom is 0.227 e. The lowest BCUT2D eigenvalue weighted by atomic mass is 10.7. The largest absolute Gasteiger partial charge is 0.369 e. The van der Waals surface area contributed by atoms with E-state index < -0.39 is 0 Å². The Morgan fingerprint density at radius 1 is 1.67 bits per heavy atom. The van der Waals surface area contributed by atoms with Gasteiger partial charge in [0.1, 0.15) is 5.82 Å². The van der Waals surface area contributed by atoms with Crippen molar-refractivity contribution in [3.63, 3.8) is 0 Å². The standard InChI is InChI=1S/C6H10N4OS/c1-4-8-9-6(10(4)2)12-3-5(7)11/h3H2,1-2H3,(H2,7,11). The third kappa shape index (κ3) is 1.97. The van der Waals surface area contributed by atoms with Gasteiger partial charge in [0.05, 0.1) is 5.75 Å². The first-order valence-corrected chi connectivity index (χ1v) is 4.37. The van der Waals surface area contributed by atoms with Gasteiger partial charge in [0.15, 0.2) is 5.16 Å². The average molecular weight is 186 g/mol. The second-order valence-electron chi connectivity index (χ2n) is 2.34. The third-order valence-electron chi connectivity index (χ3n) is 1.40. The highest BCUT2D eigenvalue weighted by molar-refractivity contribution is 7.99. The molecule has 1 aromatic heterocycles. The van der Waals surface area contributed by atoms with Gasteiger partial charge in [-0.1, -0.05) is 11.8 Å². The minimum atomic E-state index is -0.347. The smallest absolute Gasteiger partial charge is 0.227 e. The van der Waals surface area contributed by atoms with Crippen molar-refractivity contribution in [1.29, 1.82) is 0 Å². The lowest BCUT2D eigenvalue weighted by Gasteiger charge is -1.97. The van der Waals surface area contributed by atoms with Gasteiger partial charge in [0.25, 0.3) is 0 Å². The Bertz CT molecular complexity index is 296. The van der Waals surface area contributed by atoms with Crippen LogP contribution in [0.25, 0.3) is 0 Å². The van der Waals surface area contributed by atoms with Crippen LogP contribution in [0.3, 0.4) is 0 Å². The highest BCUT2D eigenvalue weighted by Gasteiger charge is 2.06. The molecule has 1 rings (SSSR count). The van der Waals surface area contributed by atoms with Crippen LogP contribution in [-0.2, 0) is 11.8 Å². The van der Waals surface area contributed by atoms with Gasteiger partial charge in [-0.15, -0.1) is 10.2 Å². The monoisotopic (exact) mass is 186 g/mol. The van der Waals surface area contributed by atoms with E-state index in [1.165, 1.54) is 11.8 Å². The zero-order valence-corrected chi connectivity index (χ0v) is 7.76. The first kappa shape index (κ1) is 9.05. The van der Waals surface area contributed by atoms with E-state index in [0.717, 1.165) is 5.82 Å². The molecule has 0 fully saturated rings. The molecule has 0 saturated heterocycles. The van der Waals surface area contributed by atoms with E-state index >= 15 is 0 Å². The number of aryl methyl sites for hydroxylation is 1. The molecule has 0 unspecified atom stereocenters. The molecular weight excluding hydrogens is 176 g/mol. The molecule has 1 aromatic rings. The molecule has 0 saturated carbocycles. The van der Waals surface area contributed by atoms with Crippen molar-refractivity contribution >= 4 is 17.7 Å². The number of nitrogens with zero attached hydrogens (tertiary/aromatic N) is 3. The Kier molecular flexibility index (Phi) is 2.69. The Labute approximate surface area is 74.3 Å². The Morgan fingerprint density at radius 2 is 2.33 bits per heavy atom. The topological polar surface area (TPSA) is 73.8 Å². The number of hydrogen-bond donors (Lipinski definition) is 1. The molecule has 1 amide bonds. The van der Waals surface area contributed by atoms with Crippen molar-refractivity contribution in [2.24, 2.45) is 12.8 Å². The van der Waals surface area contributed by atoms with Gasteiger partial charge in [-0.25, -0.2) is 0 Å². The molecule has 6 heteroatoms. The molecule has 0 aliphatic rings. The molecule has 1 heterocycles. The maximum absolute atomic E-state index is 10.4. The molecule has 0 radical (unpaired) electrons. The molecule has 12 heavy (non-hydrogen) atoms. The molecule has 0 aromatic carbocycles. The highest BCUT2D eigenvalue weighted by Crippen LogP contribution is 2.13. The number of carbonyl (C=O) groups is 1. The Hall–Kier alpha value is -1.04. The van der Waals surface area contributed by atoms with Crippen LogP contribution < -0.4 is 5.73 Å². The summed E-state index contributed by atoms with van der Waals surface area (Å²) in [6, 6.07) is 0. The number of hydrogen-bond acceptors (Lipinski definition) is 4. The number of rotatable bonds is 3. The summed E-state index contributed by atoms with van der Waals surface area (Å²) in [5.41, 5.74) is 4.98. The van der Waals surface area contributed by atoms with Crippen LogP contribution in [-0.4, -0.2) is 26.4 Å². The summed E-state index contributed by atoms with van der Waals surface area (Å²) < 4.78 is 1.81. The molecule has 66 valence electrons. The molecule has 5 nitrogen and oxygen atoms in total. The summed E-state index contributed by atoms with van der Waals surface area (Å²) in [4.78, 5) is 10.4. The van der Waals surface area contributed by atoms with E-state index in [1.54, 1.807) is 0 Å². The van der Waals surface area contributed by atoms with E-state index in [9.17, 15) is 4.79 Å². The third-order valence-corrected chi connectivity index (χ3v) is 2.44. The SMILES string of the molecule is Cc1nnc(SCC(N)=O)n1C. The van der Waals surface area contributed by atoms with E-state index in [1.807, 2.05) is 18.5 Å². The van der Waals surface area contributed by atoms with Crippen LogP contribution in [0.2, 0.25) is 0 Å². The van der Waals surface area contributed by atoms with Gasteiger partial charge >= 0.3 is 0 Å². The summed E-state index contributed by atoms with van der Waals surface area (Å²) in [5.74, 6) is 0.717. The predicted octanol–water partition coefficient (Wildman–Crippen LogP) is -0.299. The first-order chi connectivity index (χ1) is 5.61. The molecular formula is C6H10N4OS.